The molecular weight excluding hydrogens is 358 g/mol. The van der Waals surface area contributed by atoms with Gasteiger partial charge in [-0.05, 0) is 43.7 Å². The fourth-order valence-electron chi connectivity index (χ4n) is 3.25. The Balaban J connectivity index is 1.74. The molecule has 0 aliphatic carbocycles. The van der Waals surface area contributed by atoms with Gasteiger partial charge in [-0.1, -0.05) is 0 Å². The Morgan fingerprint density at radius 1 is 1.21 bits per heavy atom. The van der Waals surface area contributed by atoms with Crippen molar-refractivity contribution in [3.05, 3.63) is 47.9 Å². The maximum atomic E-state index is 12.0. The largest absolute Gasteiger partial charge is 0.437 e. The number of likely N-dealkylation sites (tertiary alicyclic amines) is 1. The second kappa shape index (κ2) is 8.79. The van der Waals surface area contributed by atoms with Crippen LogP contribution in [0.1, 0.15) is 34.8 Å². The van der Waals surface area contributed by atoms with E-state index in [1.807, 2.05) is 0 Å². The van der Waals surface area contributed by atoms with E-state index in [1.165, 1.54) is 0 Å². The van der Waals surface area contributed by atoms with E-state index in [2.05, 4.69) is 14.9 Å². The van der Waals surface area contributed by atoms with Crippen molar-refractivity contribution in [2.24, 2.45) is 5.73 Å². The molecule has 8 heteroatoms. The lowest BCUT2D eigenvalue weighted by atomic mass is 9.94. The predicted molar refractivity (Wildman–Crippen MR) is 104 cm³/mol. The highest BCUT2D eigenvalue weighted by Gasteiger charge is 2.27. The Morgan fingerprint density at radius 2 is 1.93 bits per heavy atom. The average molecular weight is 383 g/mol. The first-order valence-corrected chi connectivity index (χ1v) is 9.25. The summed E-state index contributed by atoms with van der Waals surface area (Å²) in [5.41, 5.74) is 6.47. The second-order valence-electron chi connectivity index (χ2n) is 7.10. The monoisotopic (exact) mass is 383 g/mol. The van der Waals surface area contributed by atoms with Crippen molar-refractivity contribution < 1.29 is 14.3 Å². The van der Waals surface area contributed by atoms with Gasteiger partial charge in [0.05, 0.1) is 6.54 Å². The van der Waals surface area contributed by atoms with Crippen molar-refractivity contribution >= 4 is 11.8 Å². The number of likely N-dealkylation sites (N-methyl/N-ethyl adjacent to an activating group) is 1. The van der Waals surface area contributed by atoms with E-state index < -0.39 is 5.91 Å². The molecule has 2 N–H and O–H groups in total. The molecule has 1 atom stereocenters. The first-order chi connectivity index (χ1) is 13.4. The number of piperidine rings is 1. The summed E-state index contributed by atoms with van der Waals surface area (Å²) in [6.07, 6.45) is 5.19. The Kier molecular flexibility index (Phi) is 6.20. The van der Waals surface area contributed by atoms with Crippen LogP contribution in [0.5, 0.6) is 11.6 Å². The number of carbonyl (C=O) groups excluding carboxylic acids is 2. The zero-order valence-electron chi connectivity index (χ0n) is 16.2. The summed E-state index contributed by atoms with van der Waals surface area (Å²) in [6.45, 7) is 2.02. The first kappa shape index (κ1) is 19.8. The van der Waals surface area contributed by atoms with Gasteiger partial charge in [0, 0.05) is 44.5 Å². The number of aromatic nitrogens is 2. The molecule has 1 aromatic heterocycles. The van der Waals surface area contributed by atoms with E-state index in [4.69, 9.17) is 10.5 Å². The van der Waals surface area contributed by atoms with E-state index in [0.29, 0.717) is 23.7 Å². The van der Waals surface area contributed by atoms with E-state index in [-0.39, 0.29) is 11.8 Å². The number of nitrogens with zero attached hydrogens (tertiary/aromatic N) is 4. The molecule has 0 radical (unpaired) electrons. The van der Waals surface area contributed by atoms with Crippen LogP contribution in [-0.4, -0.2) is 65.3 Å². The van der Waals surface area contributed by atoms with Gasteiger partial charge in [0.25, 0.3) is 0 Å². The zero-order chi connectivity index (χ0) is 20.1. The van der Waals surface area contributed by atoms with Gasteiger partial charge >= 0.3 is 0 Å². The van der Waals surface area contributed by atoms with Gasteiger partial charge in [0.1, 0.15) is 11.4 Å². The van der Waals surface area contributed by atoms with Crippen molar-refractivity contribution in [3.63, 3.8) is 0 Å². The number of amides is 2. The second-order valence-corrected chi connectivity index (χ2v) is 7.10. The van der Waals surface area contributed by atoms with Gasteiger partial charge in [0.2, 0.25) is 17.7 Å². The minimum Gasteiger partial charge on any atom is -0.437 e. The molecule has 1 fully saturated rings. The fourth-order valence-corrected chi connectivity index (χ4v) is 3.25. The average Bonchev–Trinajstić information content (AvgIpc) is 2.69. The Labute approximate surface area is 164 Å². The third-order valence-electron chi connectivity index (χ3n) is 4.79. The Hall–Kier alpha value is -3.00. The smallest absolute Gasteiger partial charge is 0.248 e. The summed E-state index contributed by atoms with van der Waals surface area (Å²) in [5.74, 6) is 0.742. The van der Waals surface area contributed by atoms with Crippen molar-refractivity contribution in [3.8, 4) is 11.6 Å². The van der Waals surface area contributed by atoms with Gasteiger partial charge < -0.3 is 15.4 Å². The van der Waals surface area contributed by atoms with Crippen LogP contribution in [-0.2, 0) is 4.79 Å². The first-order valence-electron chi connectivity index (χ1n) is 9.25. The molecule has 1 aliphatic heterocycles. The van der Waals surface area contributed by atoms with Gasteiger partial charge in [-0.2, -0.15) is 0 Å². The van der Waals surface area contributed by atoms with Gasteiger partial charge in [-0.25, -0.2) is 4.98 Å². The predicted octanol–water partition coefficient (Wildman–Crippen LogP) is 1.64. The third kappa shape index (κ3) is 4.83. The lowest BCUT2D eigenvalue weighted by molar-refractivity contribution is -0.130. The van der Waals surface area contributed by atoms with Crippen molar-refractivity contribution in [1.82, 2.24) is 19.8 Å². The molecule has 2 aromatic rings. The fraction of sp³-hybridized carbons (Fsp3) is 0.400. The summed E-state index contributed by atoms with van der Waals surface area (Å²) in [5, 5.41) is 0. The number of hydrogen-bond donors (Lipinski definition) is 1. The molecule has 1 saturated heterocycles. The van der Waals surface area contributed by atoms with Crippen molar-refractivity contribution in [1.29, 1.82) is 0 Å². The number of ether oxygens (including phenoxy) is 1. The SMILES string of the molecule is CN(C)C(=O)CN1CCC[C@@H](c2nccnc2Oc2ccc(C(N)=O)cc2)C1. The van der Waals surface area contributed by atoms with Crippen LogP contribution in [0.4, 0.5) is 0 Å². The molecule has 8 nitrogen and oxygen atoms in total. The lowest BCUT2D eigenvalue weighted by Gasteiger charge is -2.32. The molecule has 0 saturated carbocycles. The summed E-state index contributed by atoms with van der Waals surface area (Å²) in [7, 11) is 3.53. The summed E-state index contributed by atoms with van der Waals surface area (Å²) in [4.78, 5) is 35.9. The highest BCUT2D eigenvalue weighted by molar-refractivity contribution is 5.92. The number of benzene rings is 1. The van der Waals surface area contributed by atoms with Crippen molar-refractivity contribution in [2.45, 2.75) is 18.8 Å². The number of carbonyl (C=O) groups is 2. The molecule has 0 spiro atoms. The highest BCUT2D eigenvalue weighted by Crippen LogP contribution is 2.32. The number of nitrogens with two attached hydrogens (primary N) is 1. The van der Waals surface area contributed by atoms with Crippen LogP contribution in [0.25, 0.3) is 0 Å². The summed E-state index contributed by atoms with van der Waals surface area (Å²) in [6, 6.07) is 6.59. The maximum absolute atomic E-state index is 12.0. The summed E-state index contributed by atoms with van der Waals surface area (Å²) < 4.78 is 5.93. The third-order valence-corrected chi connectivity index (χ3v) is 4.79. The summed E-state index contributed by atoms with van der Waals surface area (Å²) >= 11 is 0. The highest BCUT2D eigenvalue weighted by atomic mass is 16.5. The Morgan fingerprint density at radius 3 is 2.61 bits per heavy atom. The minimum absolute atomic E-state index is 0.0887. The maximum Gasteiger partial charge on any atom is 0.248 e. The molecule has 3 rings (SSSR count). The minimum atomic E-state index is -0.485. The number of primary amides is 1. The van der Waals surface area contributed by atoms with E-state index in [0.717, 1.165) is 31.6 Å². The molecule has 0 bridgehead atoms. The number of hydrogen-bond acceptors (Lipinski definition) is 6. The van der Waals surface area contributed by atoms with Crippen LogP contribution in [0.3, 0.4) is 0 Å². The molecule has 28 heavy (non-hydrogen) atoms. The normalized spacial score (nSPS) is 17.1. The molecule has 2 heterocycles. The molecule has 2 amide bonds. The molecule has 1 aliphatic rings. The molecule has 0 unspecified atom stereocenters. The van der Waals surface area contributed by atoms with Gasteiger partial charge in [0.15, 0.2) is 0 Å². The van der Waals surface area contributed by atoms with Crippen molar-refractivity contribution in [2.75, 3.05) is 33.7 Å². The van der Waals surface area contributed by atoms with Gasteiger partial charge in [-0.15, -0.1) is 0 Å². The van der Waals surface area contributed by atoms with Crippen LogP contribution in [0.2, 0.25) is 0 Å². The van der Waals surface area contributed by atoms with E-state index in [9.17, 15) is 9.59 Å². The van der Waals surface area contributed by atoms with Crippen LogP contribution < -0.4 is 10.5 Å². The zero-order valence-corrected chi connectivity index (χ0v) is 16.2. The quantitative estimate of drug-likeness (QED) is 0.814. The van der Waals surface area contributed by atoms with E-state index in [1.54, 1.807) is 55.7 Å². The lowest BCUT2D eigenvalue weighted by Crippen LogP contribution is -2.41. The van der Waals surface area contributed by atoms with E-state index >= 15 is 0 Å². The van der Waals surface area contributed by atoms with Crippen LogP contribution in [0.15, 0.2) is 36.7 Å². The van der Waals surface area contributed by atoms with Crippen LogP contribution in [0, 0.1) is 0 Å². The molecular formula is C20H25N5O3. The standard InChI is InChI=1S/C20H25N5O3/c1-24(2)17(26)13-25-11-3-4-15(12-25)18-20(23-10-9-22-18)28-16-7-5-14(6-8-16)19(21)27/h5-10,15H,3-4,11-13H2,1-2H3,(H2,21,27)/t15-/m1/s1. The molecule has 148 valence electrons. The number of rotatable bonds is 6. The van der Waals surface area contributed by atoms with Crippen LogP contribution >= 0.6 is 0 Å². The topological polar surface area (TPSA) is 102 Å². The molecule has 1 aromatic carbocycles. The Bertz CT molecular complexity index is 838. The van der Waals surface area contributed by atoms with Gasteiger partial charge in [-0.3, -0.25) is 19.5 Å².